The van der Waals surface area contributed by atoms with E-state index in [0.29, 0.717) is 0 Å². The van der Waals surface area contributed by atoms with Gasteiger partial charge in [0.1, 0.15) is 13.2 Å². The van der Waals surface area contributed by atoms with Crippen molar-refractivity contribution in [1.82, 2.24) is 37.2 Å². The van der Waals surface area contributed by atoms with Crippen LogP contribution >= 0.6 is 0 Å². The number of carboxylic acids is 6. The number of amides is 8. The molecule has 0 aromatic heterocycles. The number of hydrogen-bond donors (Lipinski definition) is 14. The zero-order valence-corrected chi connectivity index (χ0v) is 63.5. The first kappa shape index (κ1) is 98.3. The van der Waals surface area contributed by atoms with Crippen molar-refractivity contribution >= 4 is 105 Å². The summed E-state index contributed by atoms with van der Waals surface area (Å²) in [4.78, 5) is 170. The number of benzene rings is 3. The molecule has 0 radical (unpaired) electrons. The molecule has 638 valence electrons. The number of hydrogen-bond acceptors (Lipinski definition) is 27. The highest BCUT2D eigenvalue weighted by Gasteiger charge is 2.23. The summed E-state index contributed by atoms with van der Waals surface area (Å²) in [6, 6.07) is 12.3. The van der Waals surface area contributed by atoms with E-state index >= 15 is 0 Å². The monoisotopic (exact) mass is 1620 g/mol. The summed E-state index contributed by atoms with van der Waals surface area (Å²) < 4.78 is 72.1. The number of fused-ring (bicyclic) bond motifs is 2. The first-order valence-corrected chi connectivity index (χ1v) is 36.8. The molecule has 0 saturated heterocycles. The highest BCUT2D eigenvalue weighted by atomic mass is 16.6. The summed E-state index contributed by atoms with van der Waals surface area (Å²) in [6.07, 6.45) is -3.65. The van der Waals surface area contributed by atoms with Gasteiger partial charge in [0.2, 0.25) is 41.4 Å². The van der Waals surface area contributed by atoms with Gasteiger partial charge in [-0.1, -0.05) is 48.5 Å². The van der Waals surface area contributed by atoms with Crippen LogP contribution < -0.4 is 43.0 Å². The third kappa shape index (κ3) is 50.9. The number of alkyl carbamates (subject to hydrolysis) is 1. The van der Waals surface area contributed by atoms with Gasteiger partial charge in [-0.3, -0.25) is 57.5 Å². The molecule has 0 spiro atoms. The minimum Gasteiger partial charge on any atom is -0.481 e. The molecular weight excluding hydrogens is 1520 g/mol. The molecule has 15 N–H and O–H groups in total. The Balaban J connectivity index is 1.71. The Labute approximate surface area is 656 Å². The maximum Gasteiger partial charge on any atom is 0.407 e. The minimum atomic E-state index is -1.28. The number of carboxylic acid groups (broad SMARTS) is 6. The fourth-order valence-corrected chi connectivity index (χ4v) is 10.0. The summed E-state index contributed by atoms with van der Waals surface area (Å²) in [5, 5.41) is 76.6. The maximum absolute atomic E-state index is 13.6. The van der Waals surface area contributed by atoms with Crippen molar-refractivity contribution in [3.05, 3.63) is 60.2 Å². The molecule has 3 aromatic rings. The van der Waals surface area contributed by atoms with Crippen LogP contribution in [0.4, 0.5) is 4.79 Å². The summed E-state index contributed by atoms with van der Waals surface area (Å²) in [5.74, 6) is -10.8. The quantitative estimate of drug-likeness (QED) is 0.0248. The Hall–Kier alpha value is -9.92. The summed E-state index contributed by atoms with van der Waals surface area (Å²) in [6.45, 7) is -5.27. The number of carbonyl (C=O) groups excluding carboxylic acids is 8. The molecular formula is C73H108N8O33. The zero-order chi connectivity index (χ0) is 83.5. The predicted octanol–water partition coefficient (Wildman–Crippen LogP) is -0.609. The molecule has 0 saturated carbocycles. The lowest BCUT2D eigenvalue weighted by atomic mass is 9.97. The van der Waals surface area contributed by atoms with Crippen molar-refractivity contribution in [3.8, 4) is 0 Å². The number of ether oxygens (including phenoxy) is 13. The van der Waals surface area contributed by atoms with Crippen molar-refractivity contribution in [3.63, 3.8) is 0 Å². The van der Waals surface area contributed by atoms with E-state index in [9.17, 15) is 67.1 Å². The summed E-state index contributed by atoms with van der Waals surface area (Å²) in [7, 11) is 0. The lowest BCUT2D eigenvalue weighted by Gasteiger charge is -2.21. The van der Waals surface area contributed by atoms with Crippen molar-refractivity contribution in [2.24, 2.45) is 5.73 Å². The van der Waals surface area contributed by atoms with Gasteiger partial charge in [0.25, 0.3) is 0 Å². The summed E-state index contributed by atoms with van der Waals surface area (Å²) in [5.41, 5.74) is 6.08. The minimum absolute atomic E-state index is 0.0357. The molecule has 41 heteroatoms. The normalized spacial score (nSPS) is 12.3. The van der Waals surface area contributed by atoms with E-state index in [4.69, 9.17) is 98.0 Å². The van der Waals surface area contributed by atoms with E-state index in [1.54, 1.807) is 0 Å². The van der Waals surface area contributed by atoms with Crippen LogP contribution in [0.1, 0.15) is 89.0 Å². The van der Waals surface area contributed by atoms with E-state index in [1.807, 2.05) is 48.5 Å². The van der Waals surface area contributed by atoms with E-state index in [0.717, 1.165) is 27.1 Å². The first-order chi connectivity index (χ1) is 54.7. The Bertz CT molecular complexity index is 3350. The van der Waals surface area contributed by atoms with Gasteiger partial charge in [0, 0.05) is 57.1 Å². The van der Waals surface area contributed by atoms with Crippen LogP contribution in [0.25, 0.3) is 21.5 Å². The Kier molecular flexibility index (Phi) is 52.3. The number of aliphatic carboxylic acids is 6. The van der Waals surface area contributed by atoms with Gasteiger partial charge in [-0.25, -0.2) is 9.59 Å². The second kappa shape index (κ2) is 60.6. The van der Waals surface area contributed by atoms with E-state index in [1.165, 1.54) is 0 Å². The summed E-state index contributed by atoms with van der Waals surface area (Å²) >= 11 is 0. The number of nitrogens with two attached hydrogens (primary N) is 1. The van der Waals surface area contributed by atoms with Crippen LogP contribution in [0.2, 0.25) is 0 Å². The average Bonchev–Trinajstić information content (AvgIpc) is 0.778. The fraction of sp³-hybridized carbons (Fsp3) is 0.616. The van der Waals surface area contributed by atoms with Crippen molar-refractivity contribution < 1.29 is 159 Å². The largest absolute Gasteiger partial charge is 0.481 e. The predicted molar refractivity (Wildman–Crippen MR) is 396 cm³/mol. The van der Waals surface area contributed by atoms with Crippen molar-refractivity contribution in [2.45, 2.75) is 126 Å². The van der Waals surface area contributed by atoms with Crippen LogP contribution in [0.15, 0.2) is 54.6 Å². The van der Waals surface area contributed by atoms with Gasteiger partial charge >= 0.3 is 41.9 Å². The van der Waals surface area contributed by atoms with Crippen LogP contribution in [0, 0.1) is 0 Å². The molecule has 0 aliphatic carbocycles. The van der Waals surface area contributed by atoms with Crippen molar-refractivity contribution in [2.75, 3.05) is 165 Å². The van der Waals surface area contributed by atoms with Gasteiger partial charge in [-0.2, -0.15) is 0 Å². The third-order valence-electron chi connectivity index (χ3n) is 15.5. The fourth-order valence-electron chi connectivity index (χ4n) is 10.0. The lowest BCUT2D eigenvalue weighted by molar-refractivity contribution is -0.143. The highest BCUT2D eigenvalue weighted by Crippen LogP contribution is 2.29. The lowest BCUT2D eigenvalue weighted by Crippen LogP contribution is -2.44. The topological polar surface area (TPSA) is 591 Å². The van der Waals surface area contributed by atoms with E-state index in [2.05, 4.69) is 43.3 Å². The SMILES string of the molecule is NC(=O)CCOCC(COCCC(=O)NC(COCCC(=O)O)COCCC(=O)O)NC(=O)CCOCC(COCCC(=O)NC(COCCC(=O)NC(COCCC(=O)O)COCCC(=O)O)COCCC(=O)NC(COCCC(=O)O)COCC(=O)O)NC(=O)CCCNC(=O)OCc1c2ccccc2cc2ccccc12. The molecule has 3 aromatic carbocycles. The Morgan fingerprint density at radius 2 is 0.553 bits per heavy atom. The molecule has 4 atom stereocenters. The van der Waals surface area contributed by atoms with Crippen molar-refractivity contribution in [1.29, 1.82) is 0 Å². The zero-order valence-electron chi connectivity index (χ0n) is 63.5. The van der Waals surface area contributed by atoms with Gasteiger partial charge in [0.15, 0.2) is 0 Å². The van der Waals surface area contributed by atoms with Gasteiger partial charge in [0.05, 0.1) is 220 Å². The molecule has 0 fully saturated rings. The molecule has 114 heavy (non-hydrogen) atoms. The van der Waals surface area contributed by atoms with E-state index < -0.39 is 126 Å². The van der Waals surface area contributed by atoms with Crippen LogP contribution in [0.5, 0.6) is 0 Å². The molecule has 0 heterocycles. The number of primary amides is 1. The highest BCUT2D eigenvalue weighted by molar-refractivity contribution is 6.02. The third-order valence-corrected chi connectivity index (χ3v) is 15.5. The molecule has 0 aliphatic rings. The second-order valence-electron chi connectivity index (χ2n) is 25.4. The van der Waals surface area contributed by atoms with Crippen LogP contribution in [-0.2, 0) is 131 Å². The van der Waals surface area contributed by atoms with Gasteiger partial charge < -0.3 is 135 Å². The first-order valence-electron chi connectivity index (χ1n) is 36.8. The number of rotatable bonds is 71. The van der Waals surface area contributed by atoms with Crippen LogP contribution in [-0.4, -0.2) is 315 Å². The van der Waals surface area contributed by atoms with Crippen LogP contribution in [0.3, 0.4) is 0 Å². The Morgan fingerprint density at radius 3 is 0.816 bits per heavy atom. The van der Waals surface area contributed by atoms with Gasteiger partial charge in [-0.15, -0.1) is 0 Å². The molecule has 3 rings (SSSR count). The average molecular weight is 1630 g/mol. The molecule has 0 bridgehead atoms. The number of carbonyl (C=O) groups is 14. The molecule has 41 nitrogen and oxygen atoms in total. The molecule has 0 aliphatic heterocycles. The standard InChI is InChI=1S/C73H108N8O33/c74-60(82)11-23-102-35-52(38-105-26-14-64(86)79-54(41-108-29-17-67(89)90)42-109-30-18-68(91)92)77-62(84)12-24-103-36-51(76-61(83)10-5-22-75-73(101)114-47-59-57-8-3-1-6-49(57)34-50-7-2-4-9-58(50)59)37-104-25-13-63(85)78-53(40-107-28-16-66(88)81-56(46-113-48-72(99)100)45-112-33-21-71(97)98)39-106-27-15-65(87)80-55(43-110-31-19-69(93)94)44-111-32-20-70(95)96/h1-4,6-9,34,51-56H,5,10-33,35-48H2,(H2,74,82)(H,75,101)(H,76,83)(H,77,84)(H,78,85)(H,79,86)(H,80,87)(H,81,88)(H,89,90)(H,91,92)(H,93,94)(H,95,96)(H,97,98)(H,99,100). The molecule has 8 amide bonds. The molecule has 4 unspecified atom stereocenters. The van der Waals surface area contributed by atoms with Gasteiger partial charge in [-0.05, 0) is 34.0 Å². The maximum atomic E-state index is 13.6. The Morgan fingerprint density at radius 1 is 0.307 bits per heavy atom. The van der Waals surface area contributed by atoms with E-state index in [-0.39, 0.29) is 249 Å². The number of nitrogens with one attached hydrogen (secondary N) is 7. The second-order valence-corrected chi connectivity index (χ2v) is 25.4. The smallest absolute Gasteiger partial charge is 0.407 e.